The van der Waals surface area contributed by atoms with Gasteiger partial charge in [0.05, 0.1) is 29.1 Å². The second kappa shape index (κ2) is 10.8. The third kappa shape index (κ3) is 5.53. The van der Waals surface area contributed by atoms with Gasteiger partial charge in [0, 0.05) is 24.1 Å². The van der Waals surface area contributed by atoms with Gasteiger partial charge in [0.1, 0.15) is 22.5 Å². The summed E-state index contributed by atoms with van der Waals surface area (Å²) >= 11 is 0. The number of non-ortho nitro benzene ring substituents is 1. The molecule has 11 heteroatoms. The number of rotatable bonds is 8. The number of methoxy groups -OCH3 is 1. The molecule has 0 unspecified atom stereocenters. The predicted octanol–water partition coefficient (Wildman–Crippen LogP) is 5.74. The second-order valence-electron chi connectivity index (χ2n) is 8.63. The summed E-state index contributed by atoms with van der Waals surface area (Å²) in [5, 5.41) is 16.0. The standard InChI is InChI=1S/C28H24N4O6S/c1-37-26-14-8-6-12-22(26)31-39(35,36)28-17-20(32(33)34)15-16-23(28)29-30-24-18-27(19-9-3-2-4-10-19)38-25-13-7-5-11-21(24)25/h2-17,27,29,31H,18H2,1H3/b30-24+/t27-/m0/s1. The molecule has 4 aromatic rings. The van der Waals surface area contributed by atoms with Crippen molar-refractivity contribution in [3.8, 4) is 11.5 Å². The summed E-state index contributed by atoms with van der Waals surface area (Å²) in [6.45, 7) is 0. The lowest BCUT2D eigenvalue weighted by Crippen LogP contribution is -2.22. The van der Waals surface area contributed by atoms with Gasteiger partial charge in [-0.25, -0.2) is 8.42 Å². The molecular formula is C28H24N4O6S. The summed E-state index contributed by atoms with van der Waals surface area (Å²) < 4.78 is 40.8. The number of nitro groups is 1. The third-order valence-electron chi connectivity index (χ3n) is 6.15. The number of para-hydroxylation sites is 3. The highest BCUT2D eigenvalue weighted by molar-refractivity contribution is 7.93. The van der Waals surface area contributed by atoms with Crippen LogP contribution in [0, 0.1) is 10.1 Å². The summed E-state index contributed by atoms with van der Waals surface area (Å²) in [5.74, 6) is 0.944. The Kier molecular flexibility index (Phi) is 7.15. The Bertz CT molecular complexity index is 1660. The van der Waals surface area contributed by atoms with Crippen LogP contribution in [0.4, 0.5) is 17.1 Å². The highest BCUT2D eigenvalue weighted by Crippen LogP contribution is 2.36. The fourth-order valence-electron chi connectivity index (χ4n) is 4.24. The molecule has 1 aliphatic rings. The molecule has 0 bridgehead atoms. The van der Waals surface area contributed by atoms with E-state index in [1.54, 1.807) is 18.2 Å². The number of benzene rings is 4. The maximum Gasteiger partial charge on any atom is 0.270 e. The molecule has 1 aliphatic heterocycles. The lowest BCUT2D eigenvalue weighted by Gasteiger charge is -2.27. The number of fused-ring (bicyclic) bond motifs is 1. The molecule has 0 aromatic heterocycles. The summed E-state index contributed by atoms with van der Waals surface area (Å²) in [4.78, 5) is 10.5. The summed E-state index contributed by atoms with van der Waals surface area (Å²) in [6.07, 6.45) is 0.122. The first kappa shape index (κ1) is 25.7. The van der Waals surface area contributed by atoms with Gasteiger partial charge in [0.2, 0.25) is 0 Å². The molecule has 1 heterocycles. The monoisotopic (exact) mass is 544 g/mol. The van der Waals surface area contributed by atoms with E-state index < -0.39 is 14.9 Å². The zero-order valence-electron chi connectivity index (χ0n) is 20.8. The number of nitrogens with zero attached hydrogens (tertiary/aromatic N) is 2. The molecule has 198 valence electrons. The van der Waals surface area contributed by atoms with E-state index in [9.17, 15) is 18.5 Å². The van der Waals surface area contributed by atoms with Crippen molar-refractivity contribution in [3.63, 3.8) is 0 Å². The zero-order valence-corrected chi connectivity index (χ0v) is 21.6. The van der Waals surface area contributed by atoms with Gasteiger partial charge in [-0.05, 0) is 35.9 Å². The Morgan fingerprint density at radius 1 is 0.949 bits per heavy atom. The van der Waals surface area contributed by atoms with Crippen LogP contribution in [0.2, 0.25) is 0 Å². The molecule has 10 nitrogen and oxygen atoms in total. The van der Waals surface area contributed by atoms with Crippen molar-refractivity contribution in [1.29, 1.82) is 0 Å². The fourth-order valence-corrected chi connectivity index (χ4v) is 5.49. The summed E-state index contributed by atoms with van der Waals surface area (Å²) in [7, 11) is -2.88. The quantitative estimate of drug-likeness (QED) is 0.213. The minimum atomic E-state index is -4.29. The van der Waals surface area contributed by atoms with E-state index in [0.29, 0.717) is 23.6 Å². The van der Waals surface area contributed by atoms with Crippen LogP contribution >= 0.6 is 0 Å². The molecule has 0 spiro atoms. The van der Waals surface area contributed by atoms with Crippen molar-refractivity contribution >= 4 is 32.8 Å². The average molecular weight is 545 g/mol. The van der Waals surface area contributed by atoms with E-state index in [0.717, 1.165) is 17.2 Å². The molecule has 4 aromatic carbocycles. The van der Waals surface area contributed by atoms with Crippen molar-refractivity contribution in [3.05, 3.63) is 118 Å². The molecule has 0 saturated carbocycles. The smallest absolute Gasteiger partial charge is 0.270 e. The lowest BCUT2D eigenvalue weighted by molar-refractivity contribution is -0.385. The van der Waals surface area contributed by atoms with Crippen LogP contribution in [-0.4, -0.2) is 26.2 Å². The summed E-state index contributed by atoms with van der Waals surface area (Å²) in [5.41, 5.74) is 5.09. The molecule has 1 atom stereocenters. The van der Waals surface area contributed by atoms with E-state index in [1.165, 1.54) is 25.3 Å². The lowest BCUT2D eigenvalue weighted by atomic mass is 9.96. The number of nitro benzene ring substituents is 1. The van der Waals surface area contributed by atoms with Crippen LogP contribution in [0.25, 0.3) is 0 Å². The number of sulfonamides is 1. The van der Waals surface area contributed by atoms with Crippen LogP contribution in [0.5, 0.6) is 11.5 Å². The van der Waals surface area contributed by atoms with Gasteiger partial charge in [0.25, 0.3) is 15.7 Å². The van der Waals surface area contributed by atoms with Gasteiger partial charge >= 0.3 is 0 Å². The fraction of sp³-hybridized carbons (Fsp3) is 0.107. The number of ether oxygens (including phenoxy) is 2. The van der Waals surface area contributed by atoms with Gasteiger partial charge in [-0.2, -0.15) is 5.10 Å². The number of hydrogen-bond acceptors (Lipinski definition) is 8. The highest BCUT2D eigenvalue weighted by Gasteiger charge is 2.27. The SMILES string of the molecule is COc1ccccc1NS(=O)(=O)c1cc([N+](=O)[O-])ccc1N/N=C1\C[C@@H](c2ccccc2)Oc2ccccc21. The van der Waals surface area contributed by atoms with Gasteiger partial charge in [-0.3, -0.25) is 20.3 Å². The number of hydrogen-bond donors (Lipinski definition) is 2. The topological polar surface area (TPSA) is 132 Å². The Balaban J connectivity index is 1.52. The minimum absolute atomic E-state index is 0.0655. The van der Waals surface area contributed by atoms with Crippen LogP contribution in [-0.2, 0) is 10.0 Å². The van der Waals surface area contributed by atoms with Crippen molar-refractivity contribution < 1.29 is 22.8 Å². The highest BCUT2D eigenvalue weighted by atomic mass is 32.2. The number of anilines is 2. The molecule has 2 N–H and O–H groups in total. The van der Waals surface area contributed by atoms with Crippen LogP contribution < -0.4 is 19.6 Å². The molecule has 0 radical (unpaired) electrons. The zero-order chi connectivity index (χ0) is 27.4. The van der Waals surface area contributed by atoms with Crippen molar-refractivity contribution in [2.24, 2.45) is 5.10 Å². The van der Waals surface area contributed by atoms with Crippen molar-refractivity contribution in [2.75, 3.05) is 17.3 Å². The minimum Gasteiger partial charge on any atom is -0.495 e. The largest absolute Gasteiger partial charge is 0.495 e. The van der Waals surface area contributed by atoms with Crippen molar-refractivity contribution in [2.45, 2.75) is 17.4 Å². The average Bonchev–Trinajstić information content (AvgIpc) is 2.96. The van der Waals surface area contributed by atoms with Crippen LogP contribution in [0.1, 0.15) is 23.7 Å². The molecule has 0 fully saturated rings. The van der Waals surface area contributed by atoms with Gasteiger partial charge in [-0.1, -0.05) is 54.6 Å². The second-order valence-corrected chi connectivity index (χ2v) is 10.3. The van der Waals surface area contributed by atoms with E-state index in [2.05, 4.69) is 15.2 Å². The molecule has 0 amide bonds. The Morgan fingerprint density at radius 2 is 1.67 bits per heavy atom. The van der Waals surface area contributed by atoms with E-state index in [4.69, 9.17) is 9.47 Å². The molecule has 0 aliphatic carbocycles. The first-order chi connectivity index (χ1) is 18.9. The van der Waals surface area contributed by atoms with Gasteiger partial charge < -0.3 is 9.47 Å². The first-order valence-corrected chi connectivity index (χ1v) is 13.4. The first-order valence-electron chi connectivity index (χ1n) is 11.9. The molecule has 5 rings (SSSR count). The summed E-state index contributed by atoms with van der Waals surface area (Å²) in [6, 6.07) is 27.1. The van der Waals surface area contributed by atoms with E-state index in [-0.39, 0.29) is 28.1 Å². The Morgan fingerprint density at radius 3 is 2.44 bits per heavy atom. The maximum atomic E-state index is 13.5. The Hall–Kier alpha value is -4.90. The number of hydrazone groups is 1. The maximum absolute atomic E-state index is 13.5. The number of nitrogens with one attached hydrogen (secondary N) is 2. The van der Waals surface area contributed by atoms with E-state index >= 15 is 0 Å². The van der Waals surface area contributed by atoms with E-state index in [1.807, 2.05) is 54.6 Å². The van der Waals surface area contributed by atoms with Gasteiger partial charge in [0.15, 0.2) is 0 Å². The normalized spacial score (nSPS) is 15.6. The molecule has 0 saturated heterocycles. The Labute approximate surface area is 225 Å². The molecular weight excluding hydrogens is 520 g/mol. The predicted molar refractivity (Wildman–Crippen MR) is 148 cm³/mol. The molecule has 39 heavy (non-hydrogen) atoms. The van der Waals surface area contributed by atoms with Crippen LogP contribution in [0.15, 0.2) is 107 Å². The van der Waals surface area contributed by atoms with Gasteiger partial charge in [-0.15, -0.1) is 0 Å². The van der Waals surface area contributed by atoms with Crippen molar-refractivity contribution in [1.82, 2.24) is 0 Å². The van der Waals surface area contributed by atoms with Crippen LogP contribution in [0.3, 0.4) is 0 Å². The third-order valence-corrected chi connectivity index (χ3v) is 7.55.